The van der Waals surface area contributed by atoms with Gasteiger partial charge in [0.2, 0.25) is 0 Å². The fourth-order valence-electron chi connectivity index (χ4n) is 11.5. The van der Waals surface area contributed by atoms with Gasteiger partial charge in [0.25, 0.3) is 0 Å². The molecule has 61 heavy (non-hydrogen) atoms. The number of aryl methyl sites for hydroxylation is 1. The van der Waals surface area contributed by atoms with Crippen molar-refractivity contribution in [2.45, 2.75) is 83.5 Å². The highest BCUT2D eigenvalue weighted by Crippen LogP contribution is 2.56. The van der Waals surface area contributed by atoms with Crippen LogP contribution in [0, 0.1) is 5.92 Å². The predicted octanol–water partition coefficient (Wildman–Crippen LogP) is 15.9. The van der Waals surface area contributed by atoms with Crippen molar-refractivity contribution < 1.29 is 4.42 Å². The van der Waals surface area contributed by atoms with Crippen LogP contribution in [0.5, 0.6) is 0 Å². The summed E-state index contributed by atoms with van der Waals surface area (Å²) in [5.41, 5.74) is 22.6. The first kappa shape index (κ1) is 37.7. The van der Waals surface area contributed by atoms with Crippen LogP contribution < -0.4 is 0 Å². The Labute approximate surface area is 360 Å². The van der Waals surface area contributed by atoms with E-state index >= 15 is 0 Å². The van der Waals surface area contributed by atoms with E-state index in [0.29, 0.717) is 11.8 Å². The van der Waals surface area contributed by atoms with Crippen molar-refractivity contribution in [1.29, 1.82) is 0 Å². The van der Waals surface area contributed by atoms with Gasteiger partial charge in [-0.3, -0.25) is 4.99 Å². The lowest BCUT2D eigenvalue weighted by Crippen LogP contribution is -2.18. The van der Waals surface area contributed by atoms with Gasteiger partial charge >= 0.3 is 0 Å². The molecule has 0 bridgehead atoms. The molecule has 2 heterocycles. The number of aliphatic imine (C=N–C) groups is 1. The maximum atomic E-state index is 6.70. The Morgan fingerprint density at radius 2 is 1.49 bits per heavy atom. The molecule has 0 N–H and O–H groups in total. The second-order valence-electron chi connectivity index (χ2n) is 18.1. The molecule has 0 fully saturated rings. The van der Waals surface area contributed by atoms with Crippen molar-refractivity contribution in [2.75, 3.05) is 0 Å². The van der Waals surface area contributed by atoms with Gasteiger partial charge in [0.1, 0.15) is 11.2 Å². The van der Waals surface area contributed by atoms with Crippen molar-refractivity contribution in [2.24, 2.45) is 10.9 Å². The fraction of sp³-hybridized carbons (Fsp3) is 0.237. The van der Waals surface area contributed by atoms with Crippen molar-refractivity contribution in [3.63, 3.8) is 0 Å². The average molecular weight is 792 g/mol. The Hall–Kier alpha value is -6.25. The van der Waals surface area contributed by atoms with Crippen LogP contribution in [0.3, 0.4) is 0 Å². The first-order valence-electron chi connectivity index (χ1n) is 22.7. The van der Waals surface area contributed by atoms with Gasteiger partial charge in [0, 0.05) is 40.0 Å². The van der Waals surface area contributed by atoms with Crippen molar-refractivity contribution in [1.82, 2.24) is 0 Å². The maximum absolute atomic E-state index is 6.70. The zero-order valence-corrected chi connectivity index (χ0v) is 35.7. The molecule has 11 rings (SSSR count). The van der Waals surface area contributed by atoms with E-state index in [1.54, 1.807) is 27.8 Å². The summed E-state index contributed by atoms with van der Waals surface area (Å²) < 4.78 is 6.70. The fourth-order valence-corrected chi connectivity index (χ4v) is 11.5. The molecule has 0 saturated carbocycles. The van der Waals surface area contributed by atoms with Crippen LogP contribution in [-0.4, -0.2) is 5.71 Å². The lowest BCUT2D eigenvalue weighted by Gasteiger charge is -2.32. The number of hydrogen-bond donors (Lipinski definition) is 0. The van der Waals surface area contributed by atoms with E-state index in [4.69, 9.17) is 9.41 Å². The SMILES string of the molecule is CC/C1=C(\C2CCc3ccc4c(c3C3CC=CC=C23)-c2ccccc2C4(C)C)CCC/C=C(\c2ccccc2)N=C(c2ccc3c(c2)oc2cccc(-c4ccccc4)c23)C1. The second kappa shape index (κ2) is 15.3. The number of hydrogen-bond acceptors (Lipinski definition) is 2. The molecule has 0 amide bonds. The van der Waals surface area contributed by atoms with Crippen LogP contribution in [0.4, 0.5) is 0 Å². The third-order valence-electron chi connectivity index (χ3n) is 14.4. The lowest BCUT2D eigenvalue weighted by atomic mass is 9.72. The Balaban J connectivity index is 1.04. The summed E-state index contributed by atoms with van der Waals surface area (Å²) in [6.07, 6.45) is 18.0. The van der Waals surface area contributed by atoms with Crippen molar-refractivity contribution in [3.05, 3.63) is 208 Å². The third kappa shape index (κ3) is 6.42. The molecule has 1 aliphatic heterocycles. The van der Waals surface area contributed by atoms with Crippen LogP contribution in [0.1, 0.15) is 105 Å². The van der Waals surface area contributed by atoms with Crippen LogP contribution in [-0.2, 0) is 11.8 Å². The molecule has 2 unspecified atom stereocenters. The molecular weight excluding hydrogens is 739 g/mol. The van der Waals surface area contributed by atoms with E-state index in [0.717, 1.165) is 84.9 Å². The van der Waals surface area contributed by atoms with Crippen LogP contribution >= 0.6 is 0 Å². The summed E-state index contributed by atoms with van der Waals surface area (Å²) in [6, 6.07) is 48.9. The highest BCUT2D eigenvalue weighted by atomic mass is 16.3. The third-order valence-corrected chi connectivity index (χ3v) is 14.4. The number of benzene rings is 6. The van der Waals surface area contributed by atoms with Gasteiger partial charge in [-0.2, -0.15) is 0 Å². The minimum atomic E-state index is -0.00727. The molecular formula is C59H53NO. The lowest BCUT2D eigenvalue weighted by molar-refractivity contribution is 0.567. The number of allylic oxidation sites excluding steroid dienone is 7. The molecule has 1 aromatic heterocycles. The zero-order chi connectivity index (χ0) is 41.1. The van der Waals surface area contributed by atoms with E-state index in [1.165, 1.54) is 44.3 Å². The monoisotopic (exact) mass is 791 g/mol. The molecule has 2 nitrogen and oxygen atoms in total. The molecule has 7 aromatic rings. The van der Waals surface area contributed by atoms with Crippen molar-refractivity contribution in [3.8, 4) is 22.3 Å². The summed E-state index contributed by atoms with van der Waals surface area (Å²) in [5, 5.41) is 2.31. The Morgan fingerprint density at radius 3 is 2.33 bits per heavy atom. The van der Waals surface area contributed by atoms with Crippen LogP contribution in [0.25, 0.3) is 49.9 Å². The molecule has 2 heteroatoms. The van der Waals surface area contributed by atoms with Gasteiger partial charge in [0.05, 0.1) is 11.4 Å². The molecule has 2 atom stereocenters. The van der Waals surface area contributed by atoms with Crippen LogP contribution in [0.2, 0.25) is 0 Å². The number of fused-ring (bicyclic) bond motifs is 10. The maximum Gasteiger partial charge on any atom is 0.136 e. The van der Waals surface area contributed by atoms with Crippen LogP contribution in [0.15, 0.2) is 184 Å². The predicted molar refractivity (Wildman–Crippen MR) is 256 cm³/mol. The molecule has 3 aliphatic carbocycles. The quantitative estimate of drug-likeness (QED) is 0.159. The summed E-state index contributed by atoms with van der Waals surface area (Å²) in [7, 11) is 0. The van der Waals surface area contributed by atoms with Gasteiger partial charge < -0.3 is 4.42 Å². The zero-order valence-electron chi connectivity index (χ0n) is 35.7. The van der Waals surface area contributed by atoms with E-state index in [1.807, 2.05) is 0 Å². The summed E-state index contributed by atoms with van der Waals surface area (Å²) in [5.74, 6) is 0.768. The van der Waals surface area contributed by atoms with Crippen molar-refractivity contribution >= 4 is 33.3 Å². The molecule has 0 saturated heterocycles. The van der Waals surface area contributed by atoms with E-state index in [9.17, 15) is 0 Å². The minimum absolute atomic E-state index is 0.00727. The Bertz CT molecular complexity index is 3000. The summed E-state index contributed by atoms with van der Waals surface area (Å²) in [4.78, 5) is 5.66. The Morgan fingerprint density at radius 1 is 0.705 bits per heavy atom. The second-order valence-corrected chi connectivity index (χ2v) is 18.1. The topological polar surface area (TPSA) is 25.5 Å². The van der Waals surface area contributed by atoms with Gasteiger partial charge in [-0.15, -0.1) is 0 Å². The van der Waals surface area contributed by atoms with E-state index in [-0.39, 0.29) is 5.41 Å². The van der Waals surface area contributed by atoms with Gasteiger partial charge in [-0.05, 0) is 113 Å². The van der Waals surface area contributed by atoms with Gasteiger partial charge in [-0.1, -0.05) is 177 Å². The normalized spacial score (nSPS) is 21.7. The smallest absolute Gasteiger partial charge is 0.136 e. The molecule has 4 aliphatic rings. The molecule has 0 radical (unpaired) electrons. The minimum Gasteiger partial charge on any atom is -0.456 e. The largest absolute Gasteiger partial charge is 0.456 e. The summed E-state index contributed by atoms with van der Waals surface area (Å²) >= 11 is 0. The molecule has 0 spiro atoms. The van der Waals surface area contributed by atoms with Gasteiger partial charge in [-0.25, -0.2) is 0 Å². The summed E-state index contributed by atoms with van der Waals surface area (Å²) in [6.45, 7) is 7.22. The Kier molecular flexibility index (Phi) is 9.49. The van der Waals surface area contributed by atoms with E-state index in [2.05, 4.69) is 179 Å². The highest BCUT2D eigenvalue weighted by molar-refractivity contribution is 6.14. The first-order valence-corrected chi connectivity index (χ1v) is 22.7. The number of nitrogens with zero attached hydrogens (tertiary/aromatic N) is 1. The number of furan rings is 1. The molecule has 6 aromatic carbocycles. The number of rotatable bonds is 5. The highest BCUT2D eigenvalue weighted by Gasteiger charge is 2.41. The molecule has 300 valence electrons. The van der Waals surface area contributed by atoms with Gasteiger partial charge in [0.15, 0.2) is 0 Å². The average Bonchev–Trinajstić information content (AvgIpc) is 3.73. The van der Waals surface area contributed by atoms with E-state index < -0.39 is 0 Å². The standard InChI is InChI=1S/C59H53NO/c1-4-38-36-53(42-31-34-49-55(37-42)61-54-29-17-26-44(57(49)54)39-18-7-5-8-19-39)60-52(40-20-9-6-10-21-40)28-16-14-22-43(38)46-33-30-41-32-35-51-58(56(41)47-24-12-11-23-45(46)47)48-25-13-15-27-50(48)59(51,2)3/h5-13,15,17-21,23,25-29,31-32,34-35,37,46-47H,4,14,16,22,24,30,33,36H2,1-3H3/b43-38+,52-28+,60-53?. The first-order chi connectivity index (χ1) is 30.0.